The van der Waals surface area contributed by atoms with Crippen molar-refractivity contribution in [2.75, 3.05) is 6.54 Å². The molecule has 0 bridgehead atoms. The Kier molecular flexibility index (Phi) is 6.24. The molecular weight excluding hydrogens is 495 g/mol. The predicted octanol–water partition coefficient (Wildman–Crippen LogP) is 6.47. The third kappa shape index (κ3) is 4.41. The molecule has 1 aliphatic heterocycles. The van der Waals surface area contributed by atoms with Crippen molar-refractivity contribution in [3.8, 4) is 16.9 Å². The van der Waals surface area contributed by atoms with Gasteiger partial charge in [0.2, 0.25) is 0 Å². The molecule has 0 unspecified atom stereocenters. The zero-order chi connectivity index (χ0) is 27.2. The third-order valence-corrected chi connectivity index (χ3v) is 6.89. The fraction of sp³-hybridized carbons (Fsp3) is 0.259. The van der Waals surface area contributed by atoms with Gasteiger partial charge in [0.05, 0.1) is 16.9 Å². The van der Waals surface area contributed by atoms with Gasteiger partial charge in [-0.2, -0.15) is 22.8 Å². The Morgan fingerprint density at radius 3 is 2.61 bits per heavy atom. The zero-order valence-electron chi connectivity index (χ0n) is 20.8. The molecule has 11 heteroatoms. The molecule has 8 nitrogen and oxygen atoms in total. The molecule has 0 spiro atoms. The van der Waals surface area contributed by atoms with Crippen molar-refractivity contribution >= 4 is 10.9 Å². The van der Waals surface area contributed by atoms with Crippen LogP contribution in [-0.4, -0.2) is 25.7 Å². The summed E-state index contributed by atoms with van der Waals surface area (Å²) in [5, 5.41) is 4.86. The van der Waals surface area contributed by atoms with Gasteiger partial charge in [0.15, 0.2) is 0 Å². The summed E-state index contributed by atoms with van der Waals surface area (Å²) in [6.07, 6.45) is -1.51. The Balaban J connectivity index is 1.53. The maximum Gasteiger partial charge on any atom is 0.417 e. The summed E-state index contributed by atoms with van der Waals surface area (Å²) >= 11 is 0. The Morgan fingerprint density at radius 1 is 1.18 bits per heavy atom. The average Bonchev–Trinajstić information content (AvgIpc) is 3.20. The molecule has 38 heavy (non-hydrogen) atoms. The Morgan fingerprint density at radius 2 is 1.97 bits per heavy atom. The fourth-order valence-electron chi connectivity index (χ4n) is 4.81. The Bertz CT molecular complexity index is 1660. The molecule has 0 fully saturated rings. The average molecular weight is 520 g/mol. The number of nitrogens with zero attached hydrogens (tertiary/aromatic N) is 7. The van der Waals surface area contributed by atoms with Crippen molar-refractivity contribution in [1.29, 1.82) is 0 Å². The molecule has 4 aromatic rings. The van der Waals surface area contributed by atoms with Gasteiger partial charge in [-0.05, 0) is 41.5 Å². The number of hydrogen-bond acceptors (Lipinski definition) is 4. The molecule has 0 amide bonds. The van der Waals surface area contributed by atoms with E-state index in [1.165, 1.54) is 16.7 Å². The standard InChI is InChI=1S/C27H24F3N7O/c1-16(2)17(3)35-10-9-24-22(15-35)21-6-5-20(13-25(21)37(24)34-33-31)36-11-8-18(12-26(36)38)23-7-4-19(14-32-23)27(28,29)30/h4-8,11-14,16H,3,9-10,15H2,1-2H3. The normalized spacial score (nSPS) is 13.5. The van der Waals surface area contributed by atoms with Gasteiger partial charge in [-0.1, -0.05) is 20.4 Å². The lowest BCUT2D eigenvalue weighted by Gasteiger charge is -2.32. The topological polar surface area (TPSA) is 91.8 Å². The summed E-state index contributed by atoms with van der Waals surface area (Å²) < 4.78 is 41.6. The van der Waals surface area contributed by atoms with Gasteiger partial charge in [0.1, 0.15) is 11.2 Å². The highest BCUT2D eigenvalue weighted by Gasteiger charge is 2.31. The van der Waals surface area contributed by atoms with Gasteiger partial charge in [0, 0.05) is 66.2 Å². The van der Waals surface area contributed by atoms with Crippen LogP contribution >= 0.6 is 0 Å². The first-order chi connectivity index (χ1) is 18.1. The van der Waals surface area contributed by atoms with Crippen molar-refractivity contribution in [2.24, 2.45) is 11.1 Å². The number of pyridine rings is 2. The highest BCUT2D eigenvalue weighted by molar-refractivity contribution is 5.87. The number of fused-ring (bicyclic) bond motifs is 3. The molecule has 0 N–H and O–H groups in total. The number of alkyl halides is 3. The number of azide groups is 1. The third-order valence-electron chi connectivity index (χ3n) is 6.89. The van der Waals surface area contributed by atoms with Gasteiger partial charge < -0.3 is 4.90 Å². The first kappa shape index (κ1) is 25.2. The van der Waals surface area contributed by atoms with E-state index in [4.69, 9.17) is 0 Å². The number of allylic oxidation sites excluding steroid dienone is 1. The highest BCUT2D eigenvalue weighted by atomic mass is 19.4. The van der Waals surface area contributed by atoms with Crippen molar-refractivity contribution < 1.29 is 13.2 Å². The molecule has 0 saturated heterocycles. The number of hydrogen-bond donors (Lipinski definition) is 0. The van der Waals surface area contributed by atoms with E-state index in [-0.39, 0.29) is 11.3 Å². The van der Waals surface area contributed by atoms with Crippen LogP contribution in [0.1, 0.15) is 30.7 Å². The maximum atomic E-state index is 13.0. The molecule has 0 radical (unpaired) electrons. The molecule has 0 saturated carbocycles. The largest absolute Gasteiger partial charge is 0.417 e. The Labute approximate surface area is 215 Å². The second-order valence-electron chi connectivity index (χ2n) is 9.49. The van der Waals surface area contributed by atoms with Crippen LogP contribution in [0.2, 0.25) is 0 Å². The number of aromatic nitrogens is 3. The lowest BCUT2D eigenvalue weighted by atomic mass is 10.0. The summed E-state index contributed by atoms with van der Waals surface area (Å²) in [7, 11) is 0. The van der Waals surface area contributed by atoms with E-state index < -0.39 is 11.7 Å². The zero-order valence-corrected chi connectivity index (χ0v) is 20.8. The minimum Gasteiger partial charge on any atom is -0.370 e. The van der Waals surface area contributed by atoms with E-state index in [1.54, 1.807) is 23.0 Å². The predicted molar refractivity (Wildman–Crippen MR) is 138 cm³/mol. The smallest absolute Gasteiger partial charge is 0.370 e. The summed E-state index contributed by atoms with van der Waals surface area (Å²) in [5.74, 6) is 0.307. The van der Waals surface area contributed by atoms with Crippen LogP contribution in [0.5, 0.6) is 0 Å². The molecule has 1 aromatic carbocycles. The summed E-state index contributed by atoms with van der Waals surface area (Å²) in [6, 6.07) is 10.6. The van der Waals surface area contributed by atoms with E-state index in [9.17, 15) is 23.5 Å². The quantitative estimate of drug-likeness (QED) is 0.172. The molecule has 194 valence electrons. The van der Waals surface area contributed by atoms with Crippen LogP contribution < -0.4 is 5.56 Å². The first-order valence-corrected chi connectivity index (χ1v) is 12.0. The van der Waals surface area contributed by atoms with Crippen molar-refractivity contribution in [2.45, 2.75) is 33.0 Å². The van der Waals surface area contributed by atoms with E-state index in [0.29, 0.717) is 35.7 Å². The van der Waals surface area contributed by atoms with Gasteiger partial charge in [0.25, 0.3) is 5.56 Å². The van der Waals surface area contributed by atoms with Crippen molar-refractivity contribution in [1.82, 2.24) is 19.1 Å². The van der Waals surface area contributed by atoms with E-state index in [1.807, 2.05) is 12.1 Å². The minimum atomic E-state index is -4.49. The SMILES string of the molecule is C=C(C(C)C)N1CCc2c(c3ccc(-n4ccc(-c5ccc(C(F)(F)F)cn5)cc4=O)cc3n2N=[N+]=[N-])C1. The fourth-order valence-corrected chi connectivity index (χ4v) is 4.81. The number of halogens is 3. The minimum absolute atomic E-state index is 0.259. The molecule has 0 atom stereocenters. The van der Waals surface area contributed by atoms with Gasteiger partial charge >= 0.3 is 6.18 Å². The molecular formula is C27H24F3N7O. The van der Waals surface area contributed by atoms with E-state index in [2.05, 4.69) is 40.4 Å². The van der Waals surface area contributed by atoms with Crippen molar-refractivity contribution in [3.63, 3.8) is 0 Å². The van der Waals surface area contributed by atoms with Crippen molar-refractivity contribution in [3.05, 3.63) is 105 Å². The van der Waals surface area contributed by atoms with Gasteiger partial charge in [-0.15, -0.1) is 5.53 Å². The summed E-state index contributed by atoms with van der Waals surface area (Å²) in [5.41, 5.74) is 12.9. The monoisotopic (exact) mass is 519 g/mol. The summed E-state index contributed by atoms with van der Waals surface area (Å²) in [6.45, 7) is 9.83. The number of rotatable bonds is 5. The van der Waals surface area contributed by atoms with Gasteiger partial charge in [-0.3, -0.25) is 14.3 Å². The van der Waals surface area contributed by atoms with Crippen LogP contribution in [0.4, 0.5) is 13.2 Å². The van der Waals surface area contributed by atoms with Crippen LogP contribution in [0.25, 0.3) is 38.3 Å². The summed E-state index contributed by atoms with van der Waals surface area (Å²) in [4.78, 5) is 22.1. The molecule has 4 heterocycles. The highest BCUT2D eigenvalue weighted by Crippen LogP contribution is 2.34. The maximum absolute atomic E-state index is 13.0. The lowest BCUT2D eigenvalue weighted by Crippen LogP contribution is -2.31. The van der Waals surface area contributed by atoms with Gasteiger partial charge in [-0.25, -0.2) is 0 Å². The first-order valence-electron chi connectivity index (χ1n) is 12.0. The number of benzene rings is 1. The second-order valence-corrected chi connectivity index (χ2v) is 9.49. The Hall–Kier alpha value is -4.50. The molecule has 5 rings (SSSR count). The van der Waals surface area contributed by atoms with E-state index in [0.717, 1.165) is 41.1 Å². The van der Waals surface area contributed by atoms with Crippen LogP contribution in [0.3, 0.4) is 0 Å². The molecule has 1 aliphatic rings. The van der Waals surface area contributed by atoms with Crippen LogP contribution in [0.15, 0.2) is 77.2 Å². The van der Waals surface area contributed by atoms with Crippen LogP contribution in [-0.2, 0) is 19.1 Å². The van der Waals surface area contributed by atoms with E-state index >= 15 is 0 Å². The second kappa shape index (κ2) is 9.42. The van der Waals surface area contributed by atoms with Crippen LogP contribution in [0, 0.1) is 5.92 Å². The molecule has 0 aliphatic carbocycles. The lowest BCUT2D eigenvalue weighted by molar-refractivity contribution is -0.137. The molecule has 3 aromatic heterocycles.